The van der Waals surface area contributed by atoms with Gasteiger partial charge in [0.15, 0.2) is 5.58 Å². The monoisotopic (exact) mass is 331 g/mol. The number of fused-ring (bicyclic) bond motifs is 2. The van der Waals surface area contributed by atoms with Gasteiger partial charge in [-0.05, 0) is 40.6 Å². The molecule has 0 spiro atoms. The number of aromatic nitrogens is 1. The van der Waals surface area contributed by atoms with E-state index in [0.717, 1.165) is 33.2 Å². The first-order chi connectivity index (χ1) is 12.0. The SMILES string of the molecule is COc1ccc(-c2nc3cc(C(C)(C)C)ccc3o2)c2ccccc12. The summed E-state index contributed by atoms with van der Waals surface area (Å²) in [6.45, 7) is 6.60. The fraction of sp³-hybridized carbons (Fsp3) is 0.227. The van der Waals surface area contributed by atoms with Gasteiger partial charge in [0.2, 0.25) is 5.89 Å². The second kappa shape index (κ2) is 5.62. The Morgan fingerprint density at radius 2 is 1.68 bits per heavy atom. The summed E-state index contributed by atoms with van der Waals surface area (Å²) in [5, 5.41) is 2.13. The van der Waals surface area contributed by atoms with E-state index in [9.17, 15) is 0 Å². The Labute approximate surface area is 147 Å². The molecule has 0 aliphatic heterocycles. The van der Waals surface area contributed by atoms with Crippen LogP contribution in [0.15, 0.2) is 59.0 Å². The molecule has 1 aromatic heterocycles. The van der Waals surface area contributed by atoms with E-state index in [1.807, 2.05) is 30.3 Å². The lowest BCUT2D eigenvalue weighted by Gasteiger charge is -2.18. The smallest absolute Gasteiger partial charge is 0.227 e. The largest absolute Gasteiger partial charge is 0.496 e. The van der Waals surface area contributed by atoms with Crippen LogP contribution in [0.3, 0.4) is 0 Å². The lowest BCUT2D eigenvalue weighted by atomic mass is 9.87. The molecule has 0 fully saturated rings. The zero-order chi connectivity index (χ0) is 17.6. The van der Waals surface area contributed by atoms with E-state index in [0.29, 0.717) is 5.89 Å². The van der Waals surface area contributed by atoms with Crippen LogP contribution in [0.4, 0.5) is 0 Å². The van der Waals surface area contributed by atoms with Crippen molar-refractivity contribution in [2.24, 2.45) is 0 Å². The maximum Gasteiger partial charge on any atom is 0.227 e. The third-order valence-corrected chi connectivity index (χ3v) is 4.59. The lowest BCUT2D eigenvalue weighted by Crippen LogP contribution is -2.10. The second-order valence-corrected chi connectivity index (χ2v) is 7.31. The standard InChI is InChI=1S/C22H21NO2/c1-22(2,3)14-9-11-20-18(13-14)23-21(25-20)17-10-12-19(24-4)16-8-6-5-7-15(16)17/h5-13H,1-4H3. The summed E-state index contributed by atoms with van der Waals surface area (Å²) in [5.41, 5.74) is 4.01. The number of ether oxygens (including phenoxy) is 1. The molecular formula is C22H21NO2. The van der Waals surface area contributed by atoms with Crippen LogP contribution < -0.4 is 4.74 Å². The Hall–Kier alpha value is -2.81. The van der Waals surface area contributed by atoms with Gasteiger partial charge in [0.1, 0.15) is 11.3 Å². The van der Waals surface area contributed by atoms with Crippen molar-refractivity contribution in [1.29, 1.82) is 0 Å². The van der Waals surface area contributed by atoms with E-state index >= 15 is 0 Å². The normalized spacial score (nSPS) is 12.0. The highest BCUT2D eigenvalue weighted by Gasteiger charge is 2.17. The molecule has 0 saturated carbocycles. The van der Waals surface area contributed by atoms with Crippen LogP contribution >= 0.6 is 0 Å². The van der Waals surface area contributed by atoms with Crippen LogP contribution in [-0.2, 0) is 5.41 Å². The fourth-order valence-electron chi connectivity index (χ4n) is 3.15. The highest BCUT2D eigenvalue weighted by molar-refractivity contribution is 5.99. The van der Waals surface area contributed by atoms with E-state index in [2.05, 4.69) is 45.0 Å². The molecule has 126 valence electrons. The molecule has 4 aromatic rings. The maximum absolute atomic E-state index is 6.05. The second-order valence-electron chi connectivity index (χ2n) is 7.31. The van der Waals surface area contributed by atoms with Gasteiger partial charge in [0.25, 0.3) is 0 Å². The molecule has 0 saturated heterocycles. The van der Waals surface area contributed by atoms with Gasteiger partial charge in [-0.1, -0.05) is 51.1 Å². The summed E-state index contributed by atoms with van der Waals surface area (Å²) in [7, 11) is 1.69. The van der Waals surface area contributed by atoms with Gasteiger partial charge in [-0.15, -0.1) is 0 Å². The number of nitrogens with zero attached hydrogens (tertiary/aromatic N) is 1. The first-order valence-electron chi connectivity index (χ1n) is 8.44. The van der Waals surface area contributed by atoms with E-state index in [1.54, 1.807) is 7.11 Å². The molecule has 0 atom stereocenters. The van der Waals surface area contributed by atoms with E-state index in [-0.39, 0.29) is 5.41 Å². The fourth-order valence-corrected chi connectivity index (χ4v) is 3.15. The molecule has 0 radical (unpaired) electrons. The number of hydrogen-bond donors (Lipinski definition) is 0. The first-order valence-corrected chi connectivity index (χ1v) is 8.44. The molecule has 1 heterocycles. The van der Waals surface area contributed by atoms with Crippen LogP contribution in [0, 0.1) is 0 Å². The average molecular weight is 331 g/mol. The molecule has 0 unspecified atom stereocenters. The predicted octanol–water partition coefficient (Wildman–Crippen LogP) is 5.95. The molecule has 0 N–H and O–H groups in total. The molecule has 25 heavy (non-hydrogen) atoms. The minimum Gasteiger partial charge on any atom is -0.496 e. The summed E-state index contributed by atoms with van der Waals surface area (Å²) in [5.74, 6) is 1.49. The third kappa shape index (κ3) is 2.66. The molecule has 0 aliphatic carbocycles. The van der Waals surface area contributed by atoms with Crippen molar-refractivity contribution in [3.05, 3.63) is 60.2 Å². The van der Waals surface area contributed by atoms with Crippen LogP contribution in [-0.4, -0.2) is 12.1 Å². The minimum absolute atomic E-state index is 0.0834. The molecule has 3 nitrogen and oxygen atoms in total. The molecule has 0 amide bonds. The maximum atomic E-state index is 6.05. The van der Waals surface area contributed by atoms with Crippen molar-refractivity contribution in [3.63, 3.8) is 0 Å². The van der Waals surface area contributed by atoms with Gasteiger partial charge in [-0.25, -0.2) is 4.98 Å². The van der Waals surface area contributed by atoms with E-state index in [1.165, 1.54) is 5.56 Å². The highest BCUT2D eigenvalue weighted by atomic mass is 16.5. The first kappa shape index (κ1) is 15.7. The van der Waals surface area contributed by atoms with Gasteiger partial charge in [0.05, 0.1) is 7.11 Å². The molecular weight excluding hydrogens is 310 g/mol. The number of benzene rings is 3. The molecule has 0 bridgehead atoms. The zero-order valence-corrected chi connectivity index (χ0v) is 15.0. The molecule has 3 heteroatoms. The topological polar surface area (TPSA) is 35.3 Å². The van der Waals surface area contributed by atoms with E-state index in [4.69, 9.17) is 14.1 Å². The molecule has 0 aliphatic rings. The zero-order valence-electron chi connectivity index (χ0n) is 15.0. The van der Waals surface area contributed by atoms with E-state index < -0.39 is 0 Å². The summed E-state index contributed by atoms with van der Waals surface area (Å²) < 4.78 is 11.5. The Balaban J connectivity index is 1.92. The third-order valence-electron chi connectivity index (χ3n) is 4.59. The van der Waals surface area contributed by atoms with Crippen LogP contribution in [0.2, 0.25) is 0 Å². The Kier molecular flexibility index (Phi) is 3.53. The van der Waals surface area contributed by atoms with Crippen molar-refractivity contribution < 1.29 is 9.15 Å². The van der Waals surface area contributed by atoms with Gasteiger partial charge in [-0.3, -0.25) is 0 Å². The minimum atomic E-state index is 0.0834. The van der Waals surface area contributed by atoms with Crippen molar-refractivity contribution >= 4 is 21.9 Å². The van der Waals surface area contributed by atoms with Gasteiger partial charge >= 0.3 is 0 Å². The van der Waals surface area contributed by atoms with Crippen molar-refractivity contribution in [1.82, 2.24) is 4.98 Å². The Morgan fingerprint density at radius 3 is 2.40 bits per heavy atom. The lowest BCUT2D eigenvalue weighted by molar-refractivity contribution is 0.420. The van der Waals surface area contributed by atoms with Gasteiger partial charge < -0.3 is 9.15 Å². The van der Waals surface area contributed by atoms with Gasteiger partial charge in [-0.2, -0.15) is 0 Å². The molecule has 3 aromatic carbocycles. The quantitative estimate of drug-likeness (QED) is 0.455. The highest BCUT2D eigenvalue weighted by Crippen LogP contribution is 2.36. The average Bonchev–Trinajstić information content (AvgIpc) is 3.03. The molecule has 4 rings (SSSR count). The summed E-state index contributed by atoms with van der Waals surface area (Å²) in [6, 6.07) is 18.4. The van der Waals surface area contributed by atoms with Crippen LogP contribution in [0.5, 0.6) is 5.75 Å². The summed E-state index contributed by atoms with van der Waals surface area (Å²) in [6.07, 6.45) is 0. The van der Waals surface area contributed by atoms with Crippen molar-refractivity contribution in [2.75, 3.05) is 7.11 Å². The van der Waals surface area contributed by atoms with Crippen LogP contribution in [0.25, 0.3) is 33.3 Å². The van der Waals surface area contributed by atoms with Crippen molar-refractivity contribution in [3.8, 4) is 17.2 Å². The van der Waals surface area contributed by atoms with Gasteiger partial charge in [0, 0.05) is 10.9 Å². The predicted molar refractivity (Wildman–Crippen MR) is 102 cm³/mol. The van der Waals surface area contributed by atoms with Crippen LogP contribution in [0.1, 0.15) is 26.3 Å². The number of hydrogen-bond acceptors (Lipinski definition) is 3. The Bertz CT molecular complexity index is 1070. The number of methoxy groups -OCH3 is 1. The summed E-state index contributed by atoms with van der Waals surface area (Å²) in [4.78, 5) is 4.76. The number of rotatable bonds is 2. The summed E-state index contributed by atoms with van der Waals surface area (Å²) >= 11 is 0. The van der Waals surface area contributed by atoms with Crippen molar-refractivity contribution in [2.45, 2.75) is 26.2 Å². The number of oxazole rings is 1. The Morgan fingerprint density at radius 1 is 0.920 bits per heavy atom.